The summed E-state index contributed by atoms with van der Waals surface area (Å²) in [6.07, 6.45) is 1.78. The van der Waals surface area contributed by atoms with Gasteiger partial charge in [0.1, 0.15) is 0 Å². The molecule has 1 fully saturated rings. The molecule has 15 heavy (non-hydrogen) atoms. The Hall–Kier alpha value is -0.421. The average Bonchev–Trinajstić information content (AvgIpc) is 2.18. The standard InChI is InChI=1S/C9H15N2O3.Fe/c1-3-14-11-5-4-10(7-12)9(6-11)8(2)13;/h9H,3-6H2,1-2H3;/q-1;. The Morgan fingerprint density at radius 3 is 2.67 bits per heavy atom. The van der Waals surface area contributed by atoms with Crippen LogP contribution in [-0.4, -0.2) is 54.4 Å². The molecular weight excluding hydrogens is 240 g/mol. The van der Waals surface area contributed by atoms with Gasteiger partial charge in [-0.1, -0.05) is 0 Å². The molecule has 0 bridgehead atoms. The molecule has 0 aliphatic carbocycles. The molecule has 1 aliphatic heterocycles. The van der Waals surface area contributed by atoms with Gasteiger partial charge in [0.25, 0.3) is 0 Å². The summed E-state index contributed by atoms with van der Waals surface area (Å²) in [5.41, 5.74) is 0. The normalized spacial score (nSPS) is 22.0. The van der Waals surface area contributed by atoms with Gasteiger partial charge in [-0.15, -0.1) is 0 Å². The molecule has 1 atom stereocenters. The summed E-state index contributed by atoms with van der Waals surface area (Å²) < 4.78 is 0. The maximum Gasteiger partial charge on any atom is 0.150 e. The van der Waals surface area contributed by atoms with E-state index in [0.717, 1.165) is 0 Å². The fourth-order valence-corrected chi connectivity index (χ4v) is 1.51. The van der Waals surface area contributed by atoms with E-state index in [-0.39, 0.29) is 22.9 Å². The van der Waals surface area contributed by atoms with Crippen molar-refractivity contribution < 1.29 is 31.5 Å². The van der Waals surface area contributed by atoms with Crippen molar-refractivity contribution in [1.82, 2.24) is 9.96 Å². The largest absolute Gasteiger partial charge is 0.520 e. The molecule has 1 heterocycles. The molecule has 0 aromatic rings. The molecule has 0 saturated carbocycles. The van der Waals surface area contributed by atoms with E-state index in [1.807, 2.05) is 6.92 Å². The van der Waals surface area contributed by atoms with Crippen LogP contribution < -0.4 is 0 Å². The summed E-state index contributed by atoms with van der Waals surface area (Å²) in [5.74, 6) is -0.0299. The Bertz CT molecular complexity index is 225. The van der Waals surface area contributed by atoms with Gasteiger partial charge in [-0.25, -0.2) is 0 Å². The third-order valence-electron chi connectivity index (χ3n) is 2.24. The van der Waals surface area contributed by atoms with Crippen LogP contribution in [0.15, 0.2) is 0 Å². The van der Waals surface area contributed by atoms with Crippen LogP contribution in [0.3, 0.4) is 0 Å². The zero-order valence-corrected chi connectivity index (χ0v) is 9.98. The molecule has 0 radical (unpaired) electrons. The van der Waals surface area contributed by atoms with Crippen LogP contribution >= 0.6 is 0 Å². The number of amides is 1. The maximum atomic E-state index is 11.2. The second-order valence-corrected chi connectivity index (χ2v) is 3.22. The van der Waals surface area contributed by atoms with Crippen molar-refractivity contribution in [2.75, 3.05) is 26.2 Å². The van der Waals surface area contributed by atoms with Crippen LogP contribution in [0.2, 0.25) is 0 Å². The predicted molar refractivity (Wildman–Crippen MR) is 50.1 cm³/mol. The SMILES string of the molecule is CCON1CCN([C-]=O)C(C(C)=O)C1.[Fe]. The van der Waals surface area contributed by atoms with Crippen LogP contribution in [0.1, 0.15) is 13.8 Å². The molecule has 1 amide bonds. The van der Waals surface area contributed by atoms with Gasteiger partial charge in [0.15, 0.2) is 5.78 Å². The number of hydrogen-bond acceptors (Lipinski definition) is 4. The first-order chi connectivity index (χ1) is 6.69. The number of carbonyl (C=O) groups excluding carboxylic acids is 2. The number of nitrogens with zero attached hydrogens (tertiary/aromatic N) is 2. The molecule has 5 nitrogen and oxygen atoms in total. The van der Waals surface area contributed by atoms with E-state index in [1.54, 1.807) is 11.5 Å². The van der Waals surface area contributed by atoms with Crippen molar-refractivity contribution in [2.45, 2.75) is 19.9 Å². The molecule has 1 rings (SSSR count). The monoisotopic (exact) mass is 255 g/mol. The number of piperazine rings is 1. The van der Waals surface area contributed by atoms with Gasteiger partial charge in [-0.3, -0.25) is 9.63 Å². The van der Waals surface area contributed by atoms with Gasteiger partial charge >= 0.3 is 0 Å². The van der Waals surface area contributed by atoms with E-state index >= 15 is 0 Å². The zero-order valence-electron chi connectivity index (χ0n) is 8.88. The minimum atomic E-state index is -0.409. The second-order valence-electron chi connectivity index (χ2n) is 3.22. The fourth-order valence-electron chi connectivity index (χ4n) is 1.51. The predicted octanol–water partition coefficient (Wildman–Crippen LogP) is -0.422. The molecule has 6 heteroatoms. The fraction of sp³-hybridized carbons (Fsp3) is 0.778. The van der Waals surface area contributed by atoms with E-state index in [1.165, 1.54) is 11.8 Å². The third kappa shape index (κ3) is 3.91. The molecule has 0 aromatic carbocycles. The Kier molecular flexibility index (Phi) is 6.76. The van der Waals surface area contributed by atoms with Gasteiger partial charge in [0.05, 0.1) is 12.6 Å². The first-order valence-corrected chi connectivity index (χ1v) is 4.71. The smallest absolute Gasteiger partial charge is 0.150 e. The quantitative estimate of drug-likeness (QED) is 0.505. The number of rotatable bonds is 4. The zero-order chi connectivity index (χ0) is 10.6. The number of ketones is 1. The molecule has 0 N–H and O–H groups in total. The van der Waals surface area contributed by atoms with Crippen molar-refractivity contribution in [1.29, 1.82) is 0 Å². The average molecular weight is 255 g/mol. The third-order valence-corrected chi connectivity index (χ3v) is 2.24. The van der Waals surface area contributed by atoms with Crippen molar-refractivity contribution >= 4 is 12.2 Å². The number of carbonyl (C=O) groups is 1. The first kappa shape index (κ1) is 14.6. The Morgan fingerprint density at radius 1 is 1.53 bits per heavy atom. The van der Waals surface area contributed by atoms with Gasteiger partial charge in [-0.05, 0) is 13.8 Å². The van der Waals surface area contributed by atoms with E-state index < -0.39 is 6.04 Å². The Labute approximate surface area is 100 Å². The van der Waals surface area contributed by atoms with E-state index in [4.69, 9.17) is 4.84 Å². The van der Waals surface area contributed by atoms with Crippen molar-refractivity contribution in [2.24, 2.45) is 0 Å². The Morgan fingerprint density at radius 2 is 2.20 bits per heavy atom. The summed E-state index contributed by atoms with van der Waals surface area (Å²) in [7, 11) is 0. The molecule has 0 spiro atoms. The second kappa shape index (κ2) is 6.95. The molecule has 1 saturated heterocycles. The van der Waals surface area contributed by atoms with Crippen molar-refractivity contribution in [3.8, 4) is 0 Å². The van der Waals surface area contributed by atoms with Gasteiger partial charge < -0.3 is 9.69 Å². The summed E-state index contributed by atoms with van der Waals surface area (Å²) in [6, 6.07) is -0.409. The van der Waals surface area contributed by atoms with E-state index in [9.17, 15) is 9.59 Å². The molecule has 0 aromatic heterocycles. The number of hydrogen-bond donors (Lipinski definition) is 0. The Balaban J connectivity index is 0.00000196. The van der Waals surface area contributed by atoms with Crippen LogP contribution in [0.5, 0.6) is 0 Å². The van der Waals surface area contributed by atoms with Crippen molar-refractivity contribution in [3.63, 3.8) is 0 Å². The van der Waals surface area contributed by atoms with Gasteiger partial charge in [0.2, 0.25) is 0 Å². The van der Waals surface area contributed by atoms with Crippen LogP contribution in [0.25, 0.3) is 0 Å². The summed E-state index contributed by atoms with van der Waals surface area (Å²) in [5, 5.41) is 1.72. The minimum absolute atomic E-state index is 0. The van der Waals surface area contributed by atoms with E-state index in [2.05, 4.69) is 0 Å². The molecular formula is C9H15FeN2O3-. The summed E-state index contributed by atoms with van der Waals surface area (Å²) in [4.78, 5) is 28.4. The minimum Gasteiger partial charge on any atom is -0.520 e. The topological polar surface area (TPSA) is 49.9 Å². The first-order valence-electron chi connectivity index (χ1n) is 4.71. The van der Waals surface area contributed by atoms with Crippen LogP contribution in [-0.2, 0) is 31.5 Å². The summed E-state index contributed by atoms with van der Waals surface area (Å²) >= 11 is 0. The van der Waals surface area contributed by atoms with E-state index in [0.29, 0.717) is 26.2 Å². The van der Waals surface area contributed by atoms with Gasteiger partial charge in [0, 0.05) is 36.7 Å². The van der Waals surface area contributed by atoms with Crippen molar-refractivity contribution in [3.05, 3.63) is 0 Å². The van der Waals surface area contributed by atoms with Crippen LogP contribution in [0, 0.1) is 0 Å². The molecule has 88 valence electrons. The summed E-state index contributed by atoms with van der Waals surface area (Å²) in [6.45, 7) is 5.51. The maximum absolute atomic E-state index is 11.2. The molecule has 1 unspecified atom stereocenters. The molecule has 1 aliphatic rings. The van der Waals surface area contributed by atoms with Crippen LogP contribution in [0.4, 0.5) is 0 Å². The number of hydroxylamine groups is 2. The van der Waals surface area contributed by atoms with Gasteiger partial charge in [-0.2, -0.15) is 11.5 Å². The number of Topliss-reactive ketones (excluding diaryl/α,β-unsaturated/α-hetero) is 1.